The number of ether oxygens (including phenoxy) is 1. The molecule has 132 valence electrons. The maximum absolute atomic E-state index is 11.9. The highest BCUT2D eigenvalue weighted by Crippen LogP contribution is 2.42. The Hall–Kier alpha value is -2.18. The normalized spacial score (nSPS) is 26.5. The summed E-state index contributed by atoms with van der Waals surface area (Å²) in [5.41, 5.74) is 2.44. The molecule has 0 radical (unpaired) electrons. The molecule has 0 amide bonds. The number of nitrogens with zero attached hydrogens (tertiary/aromatic N) is 3. The third kappa shape index (κ3) is 2.85. The Morgan fingerprint density at radius 3 is 2.92 bits per heavy atom. The van der Waals surface area contributed by atoms with Gasteiger partial charge in [-0.1, -0.05) is 30.3 Å². The van der Waals surface area contributed by atoms with Gasteiger partial charge < -0.3 is 9.84 Å². The van der Waals surface area contributed by atoms with Crippen LogP contribution < -0.4 is 0 Å². The van der Waals surface area contributed by atoms with Crippen molar-refractivity contribution >= 4 is 5.97 Å². The largest absolute Gasteiger partial charge is 0.481 e. The van der Waals surface area contributed by atoms with E-state index in [0.29, 0.717) is 26.3 Å². The lowest BCUT2D eigenvalue weighted by Crippen LogP contribution is -2.46. The number of hydrogen-bond acceptors (Lipinski definition) is 4. The minimum absolute atomic E-state index is 0.163. The predicted octanol–water partition coefficient (Wildman–Crippen LogP) is 2.01. The molecule has 3 heterocycles. The molecular formula is C19H23N3O3. The van der Waals surface area contributed by atoms with Crippen LogP contribution in [0.25, 0.3) is 11.3 Å². The highest BCUT2D eigenvalue weighted by Gasteiger charge is 2.54. The first-order valence-corrected chi connectivity index (χ1v) is 8.70. The predicted molar refractivity (Wildman–Crippen MR) is 92.9 cm³/mol. The van der Waals surface area contributed by atoms with Gasteiger partial charge in [-0.2, -0.15) is 5.10 Å². The summed E-state index contributed by atoms with van der Waals surface area (Å²) >= 11 is 0. The summed E-state index contributed by atoms with van der Waals surface area (Å²) in [7, 11) is 1.92. The molecule has 1 aromatic carbocycles. The van der Waals surface area contributed by atoms with E-state index in [-0.39, 0.29) is 5.92 Å². The number of carbonyl (C=O) groups is 1. The van der Waals surface area contributed by atoms with Crippen molar-refractivity contribution in [3.05, 3.63) is 42.1 Å². The topological polar surface area (TPSA) is 67.6 Å². The van der Waals surface area contributed by atoms with E-state index in [1.165, 1.54) is 0 Å². The number of aryl methyl sites for hydroxylation is 1. The molecule has 0 bridgehead atoms. The van der Waals surface area contributed by atoms with Crippen LogP contribution in [0.5, 0.6) is 0 Å². The van der Waals surface area contributed by atoms with E-state index in [0.717, 1.165) is 29.8 Å². The Kier molecular flexibility index (Phi) is 4.09. The van der Waals surface area contributed by atoms with E-state index in [1.807, 2.05) is 36.1 Å². The maximum Gasteiger partial charge on any atom is 0.313 e. The summed E-state index contributed by atoms with van der Waals surface area (Å²) in [4.78, 5) is 14.2. The minimum atomic E-state index is -0.757. The molecule has 2 aromatic rings. The Balaban J connectivity index is 1.59. The van der Waals surface area contributed by atoms with Crippen LogP contribution in [0.1, 0.15) is 12.0 Å². The average molecular weight is 341 g/mol. The van der Waals surface area contributed by atoms with E-state index in [1.54, 1.807) is 0 Å². The third-order valence-corrected chi connectivity index (χ3v) is 5.51. The quantitative estimate of drug-likeness (QED) is 0.921. The summed E-state index contributed by atoms with van der Waals surface area (Å²) in [5, 5.41) is 14.4. The lowest BCUT2D eigenvalue weighted by molar-refractivity contribution is -0.159. The average Bonchev–Trinajstić information content (AvgIpc) is 3.16. The fourth-order valence-electron chi connectivity index (χ4n) is 4.25. The molecule has 25 heavy (non-hydrogen) atoms. The van der Waals surface area contributed by atoms with Crippen LogP contribution in [0.2, 0.25) is 0 Å². The third-order valence-electron chi connectivity index (χ3n) is 5.51. The molecule has 6 nitrogen and oxygen atoms in total. The Bertz CT molecular complexity index is 773. The van der Waals surface area contributed by atoms with Gasteiger partial charge in [-0.3, -0.25) is 14.4 Å². The minimum Gasteiger partial charge on any atom is -0.481 e. The second kappa shape index (κ2) is 6.28. The smallest absolute Gasteiger partial charge is 0.313 e. The molecule has 2 fully saturated rings. The van der Waals surface area contributed by atoms with Gasteiger partial charge in [0.1, 0.15) is 5.41 Å². The van der Waals surface area contributed by atoms with Crippen molar-refractivity contribution in [3.63, 3.8) is 0 Å². The molecule has 0 spiro atoms. The summed E-state index contributed by atoms with van der Waals surface area (Å²) in [6.45, 7) is 3.04. The van der Waals surface area contributed by atoms with Crippen molar-refractivity contribution in [1.29, 1.82) is 0 Å². The van der Waals surface area contributed by atoms with Crippen LogP contribution >= 0.6 is 0 Å². The van der Waals surface area contributed by atoms with E-state index < -0.39 is 11.4 Å². The molecule has 4 rings (SSSR count). The number of aromatic nitrogens is 2. The van der Waals surface area contributed by atoms with Gasteiger partial charge in [-0.15, -0.1) is 0 Å². The number of hydrogen-bond donors (Lipinski definition) is 1. The van der Waals surface area contributed by atoms with E-state index >= 15 is 0 Å². The summed E-state index contributed by atoms with van der Waals surface area (Å²) < 4.78 is 7.35. The molecule has 6 heteroatoms. The number of aliphatic carboxylic acids is 1. The van der Waals surface area contributed by atoms with Crippen LogP contribution in [0.4, 0.5) is 0 Å². The van der Waals surface area contributed by atoms with Gasteiger partial charge in [-0.25, -0.2) is 0 Å². The number of likely N-dealkylation sites (tertiary alicyclic amines) is 1. The number of rotatable bonds is 4. The first-order chi connectivity index (χ1) is 12.1. The van der Waals surface area contributed by atoms with Crippen molar-refractivity contribution in [2.45, 2.75) is 13.0 Å². The van der Waals surface area contributed by atoms with Crippen molar-refractivity contribution < 1.29 is 14.6 Å². The van der Waals surface area contributed by atoms with Gasteiger partial charge in [0.25, 0.3) is 0 Å². The van der Waals surface area contributed by atoms with Gasteiger partial charge in [0.2, 0.25) is 0 Å². The second-order valence-corrected chi connectivity index (χ2v) is 7.21. The zero-order chi connectivity index (χ0) is 17.4. The van der Waals surface area contributed by atoms with Crippen molar-refractivity contribution in [3.8, 4) is 11.3 Å². The summed E-state index contributed by atoms with van der Waals surface area (Å²) in [6.07, 6.45) is 2.86. The number of carboxylic acids is 1. The monoisotopic (exact) mass is 341 g/mol. The van der Waals surface area contributed by atoms with E-state index in [4.69, 9.17) is 4.74 Å². The van der Waals surface area contributed by atoms with Crippen molar-refractivity contribution in [2.24, 2.45) is 18.4 Å². The lowest BCUT2D eigenvalue weighted by atomic mass is 9.76. The second-order valence-electron chi connectivity index (χ2n) is 7.21. The van der Waals surface area contributed by atoms with Gasteiger partial charge in [0, 0.05) is 50.6 Å². The van der Waals surface area contributed by atoms with Crippen molar-refractivity contribution in [1.82, 2.24) is 14.7 Å². The SMILES string of the molecule is Cn1cc(CN2C[C@@H]3CCOC[C@]3(C(=O)O)C2)c(-c2ccccc2)n1. The molecular weight excluding hydrogens is 318 g/mol. The Morgan fingerprint density at radius 1 is 1.40 bits per heavy atom. The molecule has 1 N–H and O–H groups in total. The molecule has 2 atom stereocenters. The van der Waals surface area contributed by atoms with Gasteiger partial charge in [0.05, 0.1) is 12.3 Å². The summed E-state index contributed by atoms with van der Waals surface area (Å²) in [6, 6.07) is 10.1. The highest BCUT2D eigenvalue weighted by atomic mass is 16.5. The van der Waals surface area contributed by atoms with Crippen LogP contribution in [-0.4, -0.2) is 52.1 Å². The number of benzene rings is 1. The fraction of sp³-hybridized carbons (Fsp3) is 0.474. The van der Waals surface area contributed by atoms with E-state index in [2.05, 4.69) is 22.1 Å². The van der Waals surface area contributed by atoms with Crippen LogP contribution in [0, 0.1) is 11.3 Å². The van der Waals surface area contributed by atoms with Gasteiger partial charge >= 0.3 is 5.97 Å². The number of carboxylic acid groups (broad SMARTS) is 1. The van der Waals surface area contributed by atoms with Crippen LogP contribution in [0.3, 0.4) is 0 Å². The highest BCUT2D eigenvalue weighted by molar-refractivity contribution is 5.76. The molecule has 0 unspecified atom stereocenters. The molecule has 2 saturated heterocycles. The van der Waals surface area contributed by atoms with Crippen molar-refractivity contribution in [2.75, 3.05) is 26.3 Å². The molecule has 2 aliphatic rings. The van der Waals surface area contributed by atoms with E-state index in [9.17, 15) is 9.90 Å². The van der Waals surface area contributed by atoms with Gasteiger partial charge in [-0.05, 0) is 12.3 Å². The molecule has 0 saturated carbocycles. The van der Waals surface area contributed by atoms with Crippen LogP contribution in [-0.2, 0) is 23.1 Å². The standard InChI is InChI=1S/C19H23N3O3/c1-21-9-15(17(20-21)14-5-3-2-4-6-14)10-22-11-16-7-8-25-13-19(16,12-22)18(23)24/h2-6,9,16H,7-8,10-13H2,1H3,(H,23,24)/t16-,19+/m0/s1. The lowest BCUT2D eigenvalue weighted by Gasteiger charge is -2.34. The Labute approximate surface area is 147 Å². The number of fused-ring (bicyclic) bond motifs is 1. The van der Waals surface area contributed by atoms with Crippen LogP contribution in [0.15, 0.2) is 36.5 Å². The molecule has 1 aromatic heterocycles. The maximum atomic E-state index is 11.9. The zero-order valence-corrected chi connectivity index (χ0v) is 14.4. The zero-order valence-electron chi connectivity index (χ0n) is 14.4. The first-order valence-electron chi connectivity index (χ1n) is 8.70. The summed E-state index contributed by atoms with van der Waals surface area (Å²) in [5.74, 6) is -0.565. The molecule has 2 aliphatic heterocycles. The Morgan fingerprint density at radius 2 is 2.20 bits per heavy atom. The van der Waals surface area contributed by atoms with Gasteiger partial charge in [0.15, 0.2) is 0 Å². The molecule has 0 aliphatic carbocycles. The first kappa shape index (κ1) is 16.3. The fourth-order valence-corrected chi connectivity index (χ4v) is 4.25.